The van der Waals surface area contributed by atoms with E-state index in [9.17, 15) is 4.79 Å². The second-order valence-electron chi connectivity index (χ2n) is 2.05. The minimum Gasteiger partial charge on any atom is -0.358 e. The smallest absolute Gasteiger partial charge is 0.233 e. The molecular weight excluding hydrogens is 190 g/mol. The zero-order valence-corrected chi connectivity index (χ0v) is 9.56. The van der Waals surface area contributed by atoms with Gasteiger partial charge in [0.05, 0.1) is 5.25 Å². The third kappa shape index (κ3) is 4.26. The summed E-state index contributed by atoms with van der Waals surface area (Å²) in [5.41, 5.74) is 0. The molecule has 1 heterocycles. The van der Waals surface area contributed by atoms with Gasteiger partial charge in [0.2, 0.25) is 5.91 Å². The van der Waals surface area contributed by atoms with Crippen molar-refractivity contribution in [1.29, 1.82) is 0 Å². The maximum Gasteiger partial charge on any atom is 0.233 e. The largest absolute Gasteiger partial charge is 0.358 e. The van der Waals surface area contributed by atoms with Crippen LogP contribution in [-0.2, 0) is 4.79 Å². The average molecular weight is 207 g/mol. The molecular formula is C8H17NOS2. The van der Waals surface area contributed by atoms with Gasteiger partial charge >= 0.3 is 0 Å². The molecule has 1 fully saturated rings. The summed E-state index contributed by atoms with van der Waals surface area (Å²) in [5, 5.41) is 2.86. The normalized spacial score (nSPS) is 22.1. The van der Waals surface area contributed by atoms with E-state index in [-0.39, 0.29) is 11.2 Å². The van der Waals surface area contributed by atoms with Crippen LogP contribution in [0.15, 0.2) is 0 Å². The van der Waals surface area contributed by atoms with Crippen LogP contribution in [0.5, 0.6) is 0 Å². The number of carbonyl (C=O) groups excluding carboxylic acids is 1. The van der Waals surface area contributed by atoms with Crippen LogP contribution >= 0.6 is 23.5 Å². The van der Waals surface area contributed by atoms with Gasteiger partial charge in [-0.3, -0.25) is 4.79 Å². The Morgan fingerprint density at radius 1 is 1.42 bits per heavy atom. The molecule has 0 radical (unpaired) electrons. The minimum atomic E-state index is 0.178. The van der Waals surface area contributed by atoms with Crippen LogP contribution in [0.2, 0.25) is 0 Å². The summed E-state index contributed by atoms with van der Waals surface area (Å²) in [6, 6.07) is 0. The predicted octanol–water partition coefficient (Wildman–Crippen LogP) is 1.61. The van der Waals surface area contributed by atoms with Crippen LogP contribution in [0.4, 0.5) is 0 Å². The number of nitrogens with one attached hydrogen (secondary N) is 1. The minimum absolute atomic E-state index is 0.178. The molecule has 0 spiro atoms. The Labute approximate surface area is 83.3 Å². The van der Waals surface area contributed by atoms with Crippen molar-refractivity contribution in [2.45, 2.75) is 19.1 Å². The van der Waals surface area contributed by atoms with Crippen molar-refractivity contribution in [3.63, 3.8) is 0 Å². The van der Waals surface area contributed by atoms with Crippen molar-refractivity contribution >= 4 is 29.4 Å². The lowest BCUT2D eigenvalue weighted by Crippen LogP contribution is -2.33. The Kier molecular flexibility index (Phi) is 7.91. The molecule has 1 atom stereocenters. The van der Waals surface area contributed by atoms with Crippen LogP contribution in [0.3, 0.4) is 0 Å². The zero-order chi connectivity index (χ0) is 9.40. The van der Waals surface area contributed by atoms with Gasteiger partial charge in [0, 0.05) is 24.3 Å². The molecule has 1 saturated heterocycles. The van der Waals surface area contributed by atoms with Crippen molar-refractivity contribution in [1.82, 2.24) is 5.32 Å². The quantitative estimate of drug-likeness (QED) is 0.708. The third-order valence-electron chi connectivity index (χ3n) is 1.35. The number of thioether (sulfide) groups is 2. The monoisotopic (exact) mass is 207 g/mol. The van der Waals surface area contributed by atoms with Crippen molar-refractivity contribution in [2.75, 3.05) is 24.3 Å². The second kappa shape index (κ2) is 7.80. The predicted molar refractivity (Wildman–Crippen MR) is 59.0 cm³/mol. The third-order valence-corrected chi connectivity index (χ3v) is 4.11. The summed E-state index contributed by atoms with van der Waals surface area (Å²) >= 11 is 3.63. The summed E-state index contributed by atoms with van der Waals surface area (Å²) in [7, 11) is 1.70. The number of hydrogen-bond donors (Lipinski definition) is 1. The molecule has 0 aromatic carbocycles. The van der Waals surface area contributed by atoms with Crippen molar-refractivity contribution < 1.29 is 4.79 Å². The van der Waals surface area contributed by atoms with E-state index < -0.39 is 0 Å². The van der Waals surface area contributed by atoms with Crippen LogP contribution in [0.25, 0.3) is 0 Å². The SMILES string of the molecule is CC.CNC(=O)C1CSCCS1. The fourth-order valence-electron chi connectivity index (χ4n) is 0.800. The molecule has 1 amide bonds. The topological polar surface area (TPSA) is 29.1 Å². The second-order valence-corrected chi connectivity index (χ2v) is 4.51. The van der Waals surface area contributed by atoms with Gasteiger partial charge in [-0.1, -0.05) is 13.8 Å². The highest BCUT2D eigenvalue weighted by atomic mass is 32.2. The summed E-state index contributed by atoms with van der Waals surface area (Å²) in [6.45, 7) is 4.00. The van der Waals surface area contributed by atoms with Crippen LogP contribution in [0.1, 0.15) is 13.8 Å². The number of carbonyl (C=O) groups is 1. The lowest BCUT2D eigenvalue weighted by molar-refractivity contribution is -0.119. The molecule has 1 aliphatic heterocycles. The summed E-state index contributed by atoms with van der Waals surface area (Å²) < 4.78 is 0. The van der Waals surface area contributed by atoms with E-state index in [0.29, 0.717) is 0 Å². The number of rotatable bonds is 1. The molecule has 4 heteroatoms. The van der Waals surface area contributed by atoms with Gasteiger partial charge < -0.3 is 5.32 Å². The number of amides is 1. The lowest BCUT2D eigenvalue weighted by Gasteiger charge is -2.18. The first-order valence-electron chi connectivity index (χ1n) is 4.25. The van der Waals surface area contributed by atoms with Crippen LogP contribution < -0.4 is 5.32 Å². The Morgan fingerprint density at radius 2 is 2.08 bits per heavy atom. The summed E-state index contributed by atoms with van der Waals surface area (Å²) in [5.74, 6) is 3.46. The van der Waals surface area contributed by atoms with Crippen LogP contribution in [0, 0.1) is 0 Å². The lowest BCUT2D eigenvalue weighted by atomic mass is 10.4. The van der Waals surface area contributed by atoms with Gasteiger partial charge in [0.25, 0.3) is 0 Å². The molecule has 1 rings (SSSR count). The first kappa shape index (κ1) is 12.2. The Hall–Kier alpha value is 0.170. The van der Waals surface area contributed by atoms with E-state index in [1.165, 1.54) is 5.75 Å². The standard InChI is InChI=1S/C6H11NOS2.C2H6/c1-7-6(8)5-4-9-2-3-10-5;1-2/h5H,2-4H2,1H3,(H,7,8);1-2H3. The maximum atomic E-state index is 11.0. The zero-order valence-electron chi connectivity index (χ0n) is 7.92. The molecule has 1 N–H and O–H groups in total. The highest BCUT2D eigenvalue weighted by molar-refractivity contribution is 8.07. The van der Waals surface area contributed by atoms with E-state index in [4.69, 9.17) is 0 Å². The maximum absolute atomic E-state index is 11.0. The number of hydrogen-bond acceptors (Lipinski definition) is 3. The first-order valence-corrected chi connectivity index (χ1v) is 6.46. The molecule has 2 nitrogen and oxygen atoms in total. The molecule has 12 heavy (non-hydrogen) atoms. The summed E-state index contributed by atoms with van der Waals surface area (Å²) in [6.07, 6.45) is 0. The fraction of sp³-hybridized carbons (Fsp3) is 0.875. The van der Waals surface area contributed by atoms with Gasteiger partial charge in [-0.2, -0.15) is 11.8 Å². The van der Waals surface area contributed by atoms with Crippen molar-refractivity contribution in [3.8, 4) is 0 Å². The van der Waals surface area contributed by atoms with Gasteiger partial charge in [0.15, 0.2) is 0 Å². The van der Waals surface area contributed by atoms with E-state index in [2.05, 4.69) is 5.32 Å². The fourth-order valence-corrected chi connectivity index (χ4v) is 3.42. The average Bonchev–Trinajstić information content (AvgIpc) is 2.21. The molecule has 0 aliphatic carbocycles. The Morgan fingerprint density at radius 3 is 2.50 bits per heavy atom. The Bertz CT molecular complexity index is 124. The van der Waals surface area contributed by atoms with E-state index in [0.717, 1.165) is 11.5 Å². The highest BCUT2D eigenvalue weighted by Gasteiger charge is 2.20. The summed E-state index contributed by atoms with van der Waals surface area (Å²) in [4.78, 5) is 11.0. The van der Waals surface area contributed by atoms with Gasteiger partial charge in [-0.15, -0.1) is 11.8 Å². The highest BCUT2D eigenvalue weighted by Crippen LogP contribution is 2.23. The Balaban J connectivity index is 0.000000561. The molecule has 0 aromatic rings. The first-order chi connectivity index (χ1) is 5.84. The van der Waals surface area contributed by atoms with Gasteiger partial charge in [0.1, 0.15) is 0 Å². The van der Waals surface area contributed by atoms with Crippen molar-refractivity contribution in [3.05, 3.63) is 0 Å². The van der Waals surface area contributed by atoms with Crippen LogP contribution in [-0.4, -0.2) is 35.5 Å². The van der Waals surface area contributed by atoms with Gasteiger partial charge in [-0.25, -0.2) is 0 Å². The van der Waals surface area contributed by atoms with Gasteiger partial charge in [-0.05, 0) is 0 Å². The molecule has 0 aromatic heterocycles. The molecule has 1 aliphatic rings. The molecule has 72 valence electrons. The van der Waals surface area contributed by atoms with E-state index in [1.54, 1.807) is 18.8 Å². The molecule has 0 saturated carbocycles. The molecule has 1 unspecified atom stereocenters. The van der Waals surface area contributed by atoms with Crippen molar-refractivity contribution in [2.24, 2.45) is 0 Å². The van der Waals surface area contributed by atoms with E-state index in [1.807, 2.05) is 25.6 Å². The molecule has 0 bridgehead atoms. The van der Waals surface area contributed by atoms with E-state index >= 15 is 0 Å².